The molecular weight excluding hydrogens is 215 g/mol. The third-order valence-electron chi connectivity index (χ3n) is 3.21. The van der Waals surface area contributed by atoms with Crippen LogP contribution in [0.1, 0.15) is 32.4 Å². The average molecular weight is 236 g/mol. The summed E-state index contributed by atoms with van der Waals surface area (Å²) in [6.07, 6.45) is 0. The highest BCUT2D eigenvalue weighted by molar-refractivity contribution is 7.32. The van der Waals surface area contributed by atoms with Gasteiger partial charge in [-0.3, -0.25) is 9.34 Å². The van der Waals surface area contributed by atoms with Crippen molar-refractivity contribution in [3.63, 3.8) is 0 Å². The first kappa shape index (κ1) is 12.0. The van der Waals surface area contributed by atoms with E-state index in [4.69, 9.17) is 0 Å². The van der Waals surface area contributed by atoms with Gasteiger partial charge in [0.15, 0.2) is 0 Å². The first-order valence-electron chi connectivity index (χ1n) is 6.03. The molecule has 0 radical (unpaired) electrons. The SMILES string of the molecule is CC(C)N1CCN(C(C)c2ccccc2)P1. The van der Waals surface area contributed by atoms with Gasteiger partial charge in [-0.05, 0) is 26.3 Å². The van der Waals surface area contributed by atoms with Gasteiger partial charge in [0.25, 0.3) is 0 Å². The van der Waals surface area contributed by atoms with E-state index in [1.165, 1.54) is 18.7 Å². The predicted octanol–water partition coefficient (Wildman–Crippen LogP) is 3.28. The summed E-state index contributed by atoms with van der Waals surface area (Å²) in [5, 5.41) is 0. The summed E-state index contributed by atoms with van der Waals surface area (Å²) < 4.78 is 5.13. The number of rotatable bonds is 3. The monoisotopic (exact) mass is 236 g/mol. The van der Waals surface area contributed by atoms with Gasteiger partial charge in [-0.1, -0.05) is 30.3 Å². The molecule has 2 unspecified atom stereocenters. The lowest BCUT2D eigenvalue weighted by atomic mass is 10.1. The molecule has 16 heavy (non-hydrogen) atoms. The lowest BCUT2D eigenvalue weighted by molar-refractivity contribution is 0.383. The summed E-state index contributed by atoms with van der Waals surface area (Å²) in [6, 6.07) is 12.0. The Morgan fingerprint density at radius 3 is 2.19 bits per heavy atom. The molecule has 0 saturated carbocycles. The van der Waals surface area contributed by atoms with Gasteiger partial charge < -0.3 is 0 Å². The van der Waals surface area contributed by atoms with E-state index in [9.17, 15) is 0 Å². The van der Waals surface area contributed by atoms with E-state index in [0.717, 1.165) is 8.88 Å². The van der Waals surface area contributed by atoms with Crippen LogP contribution in [0.2, 0.25) is 0 Å². The molecule has 1 aromatic rings. The zero-order valence-corrected chi connectivity index (χ0v) is 11.4. The first-order valence-corrected chi connectivity index (χ1v) is 6.92. The molecule has 2 atom stereocenters. The molecule has 1 fully saturated rings. The van der Waals surface area contributed by atoms with Gasteiger partial charge in [-0.25, -0.2) is 0 Å². The molecule has 2 rings (SSSR count). The molecule has 1 saturated heterocycles. The first-order chi connectivity index (χ1) is 7.68. The lowest BCUT2D eigenvalue weighted by Gasteiger charge is -2.25. The van der Waals surface area contributed by atoms with E-state index in [-0.39, 0.29) is 0 Å². The third-order valence-corrected chi connectivity index (χ3v) is 5.08. The molecule has 1 aliphatic rings. The zero-order valence-electron chi connectivity index (χ0n) is 10.4. The maximum Gasteiger partial charge on any atom is 0.0366 e. The fraction of sp³-hybridized carbons (Fsp3) is 0.538. The van der Waals surface area contributed by atoms with Crippen molar-refractivity contribution in [3.8, 4) is 0 Å². The Kier molecular flexibility index (Phi) is 3.96. The number of nitrogens with zero attached hydrogens (tertiary/aromatic N) is 2. The summed E-state index contributed by atoms with van der Waals surface area (Å²) in [4.78, 5) is 0. The van der Waals surface area contributed by atoms with E-state index < -0.39 is 0 Å². The minimum Gasteiger partial charge on any atom is -0.269 e. The second kappa shape index (κ2) is 5.27. The van der Waals surface area contributed by atoms with E-state index in [0.29, 0.717) is 12.1 Å². The Morgan fingerprint density at radius 1 is 1.00 bits per heavy atom. The van der Waals surface area contributed by atoms with Crippen molar-refractivity contribution >= 4 is 8.88 Å². The van der Waals surface area contributed by atoms with Crippen LogP contribution < -0.4 is 0 Å². The smallest absolute Gasteiger partial charge is 0.0366 e. The second-order valence-electron chi connectivity index (χ2n) is 4.67. The number of hydrogen-bond acceptors (Lipinski definition) is 2. The summed E-state index contributed by atoms with van der Waals surface area (Å²) in [6.45, 7) is 9.29. The summed E-state index contributed by atoms with van der Waals surface area (Å²) in [5.74, 6) is 0. The summed E-state index contributed by atoms with van der Waals surface area (Å²) in [5.41, 5.74) is 1.43. The predicted molar refractivity (Wildman–Crippen MR) is 71.7 cm³/mol. The number of benzene rings is 1. The molecular formula is C13H21N2P. The Labute approximate surface area is 101 Å². The largest absolute Gasteiger partial charge is 0.269 e. The Balaban J connectivity index is 2.00. The number of hydrogen-bond donors (Lipinski definition) is 0. The molecule has 0 aromatic heterocycles. The van der Waals surface area contributed by atoms with E-state index in [2.05, 4.69) is 60.4 Å². The van der Waals surface area contributed by atoms with Crippen LogP contribution in [0.25, 0.3) is 0 Å². The van der Waals surface area contributed by atoms with Crippen molar-refractivity contribution in [2.45, 2.75) is 32.9 Å². The molecule has 0 bridgehead atoms. The highest BCUT2D eigenvalue weighted by Crippen LogP contribution is 2.39. The van der Waals surface area contributed by atoms with Gasteiger partial charge in [0.2, 0.25) is 0 Å². The average Bonchev–Trinajstić information content (AvgIpc) is 2.78. The zero-order chi connectivity index (χ0) is 11.5. The molecule has 0 amide bonds. The summed E-state index contributed by atoms with van der Waals surface area (Å²) >= 11 is 0. The topological polar surface area (TPSA) is 6.48 Å². The Bertz CT molecular complexity index is 326. The van der Waals surface area contributed by atoms with Crippen LogP contribution >= 0.6 is 8.88 Å². The van der Waals surface area contributed by atoms with Crippen molar-refractivity contribution in [1.82, 2.24) is 9.34 Å². The lowest BCUT2D eigenvalue weighted by Crippen LogP contribution is -2.20. The standard InChI is InChI=1S/C13H21N2P/c1-11(2)14-9-10-15(16-14)12(3)13-7-5-4-6-8-13/h4-8,11-12,16H,9-10H2,1-3H3. The van der Waals surface area contributed by atoms with Crippen molar-refractivity contribution in [2.24, 2.45) is 0 Å². The molecule has 0 aliphatic carbocycles. The second-order valence-corrected chi connectivity index (χ2v) is 6.02. The maximum atomic E-state index is 2.58. The Hall–Kier alpha value is -0.430. The van der Waals surface area contributed by atoms with Crippen LogP contribution in [0.15, 0.2) is 30.3 Å². The minimum atomic E-state index is 0.545. The van der Waals surface area contributed by atoms with Crippen LogP contribution in [-0.4, -0.2) is 28.5 Å². The normalized spacial score (nSPS) is 22.0. The molecule has 1 aliphatic heterocycles. The van der Waals surface area contributed by atoms with Gasteiger partial charge in [0.05, 0.1) is 0 Å². The third kappa shape index (κ3) is 2.63. The van der Waals surface area contributed by atoms with E-state index in [1.807, 2.05) is 0 Å². The molecule has 0 N–H and O–H groups in total. The van der Waals surface area contributed by atoms with E-state index >= 15 is 0 Å². The van der Waals surface area contributed by atoms with Crippen LogP contribution in [0, 0.1) is 0 Å². The van der Waals surface area contributed by atoms with Gasteiger partial charge in [-0.15, -0.1) is 0 Å². The van der Waals surface area contributed by atoms with Crippen molar-refractivity contribution < 1.29 is 0 Å². The Morgan fingerprint density at radius 2 is 1.62 bits per heavy atom. The van der Waals surface area contributed by atoms with Gasteiger partial charge >= 0.3 is 0 Å². The minimum absolute atomic E-state index is 0.545. The molecule has 0 spiro atoms. The molecule has 88 valence electrons. The van der Waals surface area contributed by atoms with Crippen molar-refractivity contribution in [1.29, 1.82) is 0 Å². The fourth-order valence-corrected chi connectivity index (χ4v) is 3.33. The molecule has 2 nitrogen and oxygen atoms in total. The van der Waals surface area contributed by atoms with Crippen molar-refractivity contribution in [2.75, 3.05) is 13.1 Å². The molecule has 3 heteroatoms. The van der Waals surface area contributed by atoms with E-state index in [1.54, 1.807) is 0 Å². The molecule has 1 heterocycles. The highest BCUT2D eigenvalue weighted by atomic mass is 31.1. The van der Waals surface area contributed by atoms with Crippen LogP contribution in [-0.2, 0) is 0 Å². The van der Waals surface area contributed by atoms with Crippen LogP contribution in [0.5, 0.6) is 0 Å². The summed E-state index contributed by atoms with van der Waals surface area (Å²) in [7, 11) is 0.844. The fourth-order valence-electron chi connectivity index (χ4n) is 2.05. The van der Waals surface area contributed by atoms with Gasteiger partial charge in [0, 0.05) is 34.1 Å². The van der Waals surface area contributed by atoms with Crippen LogP contribution in [0.3, 0.4) is 0 Å². The van der Waals surface area contributed by atoms with Gasteiger partial charge in [0.1, 0.15) is 0 Å². The van der Waals surface area contributed by atoms with Gasteiger partial charge in [-0.2, -0.15) is 0 Å². The quantitative estimate of drug-likeness (QED) is 0.743. The molecule has 1 aromatic carbocycles. The van der Waals surface area contributed by atoms with Crippen LogP contribution in [0.4, 0.5) is 0 Å². The maximum absolute atomic E-state index is 2.58. The highest BCUT2D eigenvalue weighted by Gasteiger charge is 2.26. The van der Waals surface area contributed by atoms with Crippen molar-refractivity contribution in [3.05, 3.63) is 35.9 Å².